The first-order chi connectivity index (χ1) is 6.88. The Kier molecular flexibility index (Phi) is 4.22. The molecular weight excluding hydrogens is 336 g/mol. The molecule has 1 rings (SSSR count). The van der Waals surface area contributed by atoms with Crippen LogP contribution in [0.25, 0.3) is 0 Å². The first-order valence-electron chi connectivity index (χ1n) is 4.07. The van der Waals surface area contributed by atoms with E-state index in [0.29, 0.717) is 4.47 Å². The number of hydrogen-bond donors (Lipinski definition) is 2. The first kappa shape index (κ1) is 13.0. The second kappa shape index (κ2) is 4.86. The van der Waals surface area contributed by atoms with Crippen molar-refractivity contribution >= 4 is 31.9 Å². The summed E-state index contributed by atoms with van der Waals surface area (Å²) >= 11 is 6.41. The van der Waals surface area contributed by atoms with Crippen LogP contribution in [0.1, 0.15) is 11.6 Å². The molecule has 0 spiro atoms. The molecule has 0 saturated carbocycles. The minimum atomic E-state index is -3.31. The molecule has 0 unspecified atom stereocenters. The van der Waals surface area contributed by atoms with Crippen molar-refractivity contribution in [1.29, 1.82) is 0 Å². The molecule has 0 radical (unpaired) electrons. The van der Waals surface area contributed by atoms with Crippen LogP contribution in [-0.4, -0.2) is 17.6 Å². The van der Waals surface area contributed by atoms with E-state index in [1.165, 1.54) is 12.1 Å². The van der Waals surface area contributed by atoms with Crippen LogP contribution in [0.4, 0.5) is 8.78 Å². The Morgan fingerprint density at radius 3 is 2.40 bits per heavy atom. The largest absolute Gasteiger partial charge is 0.390 e. The minimum absolute atomic E-state index is 0.268. The zero-order chi connectivity index (χ0) is 11.6. The van der Waals surface area contributed by atoms with E-state index in [4.69, 9.17) is 10.8 Å². The molecule has 3 N–H and O–H groups in total. The van der Waals surface area contributed by atoms with Gasteiger partial charge in [0.2, 0.25) is 0 Å². The number of aliphatic hydroxyl groups excluding tert-OH is 1. The van der Waals surface area contributed by atoms with Crippen molar-refractivity contribution in [1.82, 2.24) is 0 Å². The lowest BCUT2D eigenvalue weighted by Crippen LogP contribution is -2.36. The first-order valence-corrected chi connectivity index (χ1v) is 5.66. The number of nitrogens with two attached hydrogens (primary N) is 1. The normalized spacial score (nSPS) is 14.0. The monoisotopic (exact) mass is 343 g/mol. The zero-order valence-corrected chi connectivity index (χ0v) is 10.7. The minimum Gasteiger partial charge on any atom is -0.390 e. The summed E-state index contributed by atoms with van der Waals surface area (Å²) < 4.78 is 27.5. The quantitative estimate of drug-likeness (QED) is 0.885. The van der Waals surface area contributed by atoms with Crippen LogP contribution >= 0.6 is 31.9 Å². The van der Waals surface area contributed by atoms with E-state index in [2.05, 4.69) is 31.9 Å². The van der Waals surface area contributed by atoms with Crippen LogP contribution in [0.5, 0.6) is 0 Å². The van der Waals surface area contributed by atoms with Crippen LogP contribution in [0.15, 0.2) is 27.1 Å². The van der Waals surface area contributed by atoms with E-state index in [1.54, 1.807) is 6.07 Å². The molecule has 1 atom stereocenters. The van der Waals surface area contributed by atoms with E-state index in [1.807, 2.05) is 0 Å². The third kappa shape index (κ3) is 2.96. The molecule has 1 aromatic carbocycles. The summed E-state index contributed by atoms with van der Waals surface area (Å²) in [4.78, 5) is 0. The van der Waals surface area contributed by atoms with Gasteiger partial charge in [0.15, 0.2) is 0 Å². The summed E-state index contributed by atoms with van der Waals surface area (Å²) in [6.45, 7) is -1.26. The van der Waals surface area contributed by atoms with E-state index in [0.717, 1.165) is 4.47 Å². The average Bonchev–Trinajstić information content (AvgIpc) is 2.21. The highest BCUT2D eigenvalue weighted by molar-refractivity contribution is 9.13. The van der Waals surface area contributed by atoms with Crippen molar-refractivity contribution in [3.63, 3.8) is 0 Å². The highest BCUT2D eigenvalue weighted by Crippen LogP contribution is 2.32. The van der Waals surface area contributed by atoms with E-state index in [-0.39, 0.29) is 5.56 Å². The van der Waals surface area contributed by atoms with Crippen LogP contribution < -0.4 is 5.73 Å². The Balaban J connectivity index is 3.02. The van der Waals surface area contributed by atoms with Gasteiger partial charge in [0.25, 0.3) is 5.92 Å². The maximum Gasteiger partial charge on any atom is 0.289 e. The van der Waals surface area contributed by atoms with Crippen LogP contribution in [0.2, 0.25) is 0 Å². The van der Waals surface area contributed by atoms with Gasteiger partial charge in [-0.2, -0.15) is 0 Å². The fourth-order valence-electron chi connectivity index (χ4n) is 1.05. The lowest BCUT2D eigenvalue weighted by Gasteiger charge is -2.21. The Bertz CT molecular complexity index is 360. The van der Waals surface area contributed by atoms with Crippen molar-refractivity contribution in [2.45, 2.75) is 12.0 Å². The summed E-state index contributed by atoms with van der Waals surface area (Å²) in [5.41, 5.74) is 5.62. The predicted octanol–water partition coefficient (Wildman–Crippen LogP) is 2.84. The summed E-state index contributed by atoms with van der Waals surface area (Å²) in [5.74, 6) is -3.31. The highest BCUT2D eigenvalue weighted by Gasteiger charge is 2.37. The van der Waals surface area contributed by atoms with E-state index in [9.17, 15) is 8.78 Å². The van der Waals surface area contributed by atoms with Gasteiger partial charge in [0.1, 0.15) is 6.61 Å². The molecule has 0 bridgehead atoms. The van der Waals surface area contributed by atoms with Gasteiger partial charge >= 0.3 is 0 Å². The molecule has 0 fully saturated rings. The van der Waals surface area contributed by atoms with Gasteiger partial charge in [-0.25, -0.2) is 8.78 Å². The second-order valence-corrected chi connectivity index (χ2v) is 4.78. The fourth-order valence-corrected chi connectivity index (χ4v) is 1.69. The lowest BCUT2D eigenvalue weighted by molar-refractivity contribution is -0.0711. The van der Waals surface area contributed by atoms with Gasteiger partial charge in [-0.15, -0.1) is 0 Å². The lowest BCUT2D eigenvalue weighted by atomic mass is 10.0. The van der Waals surface area contributed by atoms with Crippen molar-refractivity contribution in [3.05, 3.63) is 32.7 Å². The SMILES string of the molecule is N[C@H](c1ccc(Br)c(Br)c1)C(F)(F)CO. The Morgan fingerprint density at radius 1 is 1.33 bits per heavy atom. The van der Waals surface area contributed by atoms with Gasteiger partial charge < -0.3 is 10.8 Å². The molecule has 0 aliphatic rings. The molecule has 0 aromatic heterocycles. The molecule has 15 heavy (non-hydrogen) atoms. The van der Waals surface area contributed by atoms with Crippen molar-refractivity contribution in [3.8, 4) is 0 Å². The van der Waals surface area contributed by atoms with Crippen molar-refractivity contribution < 1.29 is 13.9 Å². The molecule has 0 saturated heterocycles. The Labute approximate surface area is 103 Å². The van der Waals surface area contributed by atoms with Gasteiger partial charge in [0, 0.05) is 8.95 Å². The molecular formula is C9H9Br2F2NO. The number of rotatable bonds is 3. The van der Waals surface area contributed by atoms with Crippen LogP contribution in [0.3, 0.4) is 0 Å². The van der Waals surface area contributed by atoms with Crippen molar-refractivity contribution in [2.75, 3.05) is 6.61 Å². The molecule has 2 nitrogen and oxygen atoms in total. The molecule has 0 amide bonds. The smallest absolute Gasteiger partial charge is 0.289 e. The number of hydrogen-bond acceptors (Lipinski definition) is 2. The summed E-state index contributed by atoms with van der Waals surface area (Å²) in [7, 11) is 0. The fraction of sp³-hybridized carbons (Fsp3) is 0.333. The predicted molar refractivity (Wildman–Crippen MR) is 60.8 cm³/mol. The second-order valence-electron chi connectivity index (χ2n) is 3.07. The van der Waals surface area contributed by atoms with Gasteiger partial charge in [-0.1, -0.05) is 6.07 Å². The molecule has 84 valence electrons. The van der Waals surface area contributed by atoms with E-state index < -0.39 is 18.6 Å². The third-order valence-electron chi connectivity index (χ3n) is 1.97. The average molecular weight is 345 g/mol. The number of halogens is 4. The molecule has 0 aliphatic carbocycles. The number of aliphatic hydroxyl groups is 1. The number of alkyl halides is 2. The summed E-state index contributed by atoms with van der Waals surface area (Å²) in [5, 5.41) is 8.50. The zero-order valence-electron chi connectivity index (χ0n) is 7.55. The van der Waals surface area contributed by atoms with E-state index >= 15 is 0 Å². The van der Waals surface area contributed by atoms with Crippen LogP contribution in [0, 0.1) is 0 Å². The Morgan fingerprint density at radius 2 is 1.93 bits per heavy atom. The molecule has 1 aromatic rings. The Hall–Kier alpha value is -0.0400. The van der Waals surface area contributed by atoms with Gasteiger partial charge in [-0.3, -0.25) is 0 Å². The third-order valence-corrected chi connectivity index (χ3v) is 3.85. The molecule has 0 heterocycles. The summed E-state index contributed by atoms with van der Waals surface area (Å²) in [6.07, 6.45) is 0. The van der Waals surface area contributed by atoms with Gasteiger partial charge in [0.05, 0.1) is 6.04 Å². The molecule has 6 heteroatoms. The molecule has 0 aliphatic heterocycles. The number of benzene rings is 1. The maximum atomic E-state index is 13.1. The highest BCUT2D eigenvalue weighted by atomic mass is 79.9. The van der Waals surface area contributed by atoms with Crippen molar-refractivity contribution in [2.24, 2.45) is 5.73 Å². The standard InChI is InChI=1S/C9H9Br2F2NO/c10-6-2-1-5(3-7(6)11)8(14)9(12,13)4-15/h1-3,8,15H,4,14H2/t8-/m1/s1. The van der Waals surface area contributed by atoms with Crippen LogP contribution in [-0.2, 0) is 0 Å². The summed E-state index contributed by atoms with van der Waals surface area (Å²) in [6, 6.07) is 3.10. The topological polar surface area (TPSA) is 46.2 Å². The van der Waals surface area contributed by atoms with Gasteiger partial charge in [-0.05, 0) is 49.6 Å². The maximum absolute atomic E-state index is 13.1.